The Morgan fingerprint density at radius 3 is 2.31 bits per heavy atom. The van der Waals surface area contributed by atoms with Gasteiger partial charge in [0.1, 0.15) is 6.04 Å². The molecule has 0 unspecified atom stereocenters. The summed E-state index contributed by atoms with van der Waals surface area (Å²) in [5.74, 6) is -1.19. The van der Waals surface area contributed by atoms with Gasteiger partial charge in [-0.15, -0.1) is 5.69 Å². The van der Waals surface area contributed by atoms with E-state index in [9.17, 15) is 14.7 Å². The first-order valence-corrected chi connectivity index (χ1v) is 11.5. The summed E-state index contributed by atoms with van der Waals surface area (Å²) >= 11 is 0. The molecule has 0 aliphatic carbocycles. The number of benzene rings is 3. The summed E-state index contributed by atoms with van der Waals surface area (Å²) in [6.45, 7) is 3.10. The van der Waals surface area contributed by atoms with Crippen molar-refractivity contribution >= 4 is 23.3 Å². The van der Waals surface area contributed by atoms with Crippen molar-refractivity contribution in [3.8, 4) is 0 Å². The molecule has 182 valence electrons. The van der Waals surface area contributed by atoms with E-state index in [1.54, 1.807) is 6.07 Å². The average Bonchev–Trinajstić information content (AvgIpc) is 3.32. The third kappa shape index (κ3) is 6.65. The Morgan fingerprint density at radius 2 is 1.63 bits per heavy atom. The molecule has 35 heavy (non-hydrogen) atoms. The smallest absolute Gasteiger partial charge is 0.625 e. The zero-order chi connectivity index (χ0) is 23.9. The molecule has 1 amide bonds. The number of aliphatic imine (C=N–C) groups is 1. The quantitative estimate of drug-likeness (QED) is 0.332. The molecule has 1 aliphatic rings. The fraction of sp³-hybridized carbons (Fsp3) is 0.250. The number of para-hydroxylation sites is 1. The van der Waals surface area contributed by atoms with Crippen LogP contribution in [0.15, 0.2) is 89.9 Å². The number of carbonyl (C=O) groups excluding carboxylic acids is 1. The number of rotatable bonds is 8. The Labute approximate surface area is 216 Å². The molecule has 0 bridgehead atoms. The fourth-order valence-corrected chi connectivity index (χ4v) is 4.22. The predicted octanol–water partition coefficient (Wildman–Crippen LogP) is 5.19. The van der Waals surface area contributed by atoms with Gasteiger partial charge in [-0.25, -0.2) is 4.79 Å². The molecule has 1 fully saturated rings. The van der Waals surface area contributed by atoms with Crippen LogP contribution < -0.4 is 0 Å². The van der Waals surface area contributed by atoms with Crippen LogP contribution in [0.3, 0.4) is 0 Å². The van der Waals surface area contributed by atoms with Gasteiger partial charge in [-0.2, -0.15) is 0 Å². The normalized spacial score (nSPS) is 16.8. The Bertz CT molecular complexity index is 1170. The molecule has 0 radical (unpaired) electrons. The molecule has 2 atom stereocenters. The van der Waals surface area contributed by atoms with E-state index < -0.39 is 12.0 Å². The van der Waals surface area contributed by atoms with Crippen molar-refractivity contribution in [3.05, 3.63) is 107 Å². The summed E-state index contributed by atoms with van der Waals surface area (Å²) in [7, 11) is 0. The minimum Gasteiger partial charge on any atom is -0.625 e. The molecule has 6 nitrogen and oxygen atoms in total. The standard InChI is InChI=1S/C28H29N3O3.Ni/c1-20(28(33)34)29-26(22-13-6-3-7-14-22)23-15-8-9-16-24(23)30-27(32)25-17-10-18-31(25)19-21-11-4-2-5-12-21;/h2-9,11-16,20,25H,10,17-19H2,1H3,(H2,29,30,32,33,34);/q;+2/p-1/t20-,25+;/m1./s1. The van der Waals surface area contributed by atoms with Crippen molar-refractivity contribution < 1.29 is 31.2 Å². The first-order valence-electron chi connectivity index (χ1n) is 11.5. The number of hydrogen-bond donors (Lipinski definition) is 1. The van der Waals surface area contributed by atoms with E-state index in [1.807, 2.05) is 66.7 Å². The second-order valence-electron chi connectivity index (χ2n) is 8.44. The predicted molar refractivity (Wildman–Crippen MR) is 134 cm³/mol. The number of aliphatic carboxylic acids is 1. The van der Waals surface area contributed by atoms with E-state index in [1.165, 1.54) is 12.5 Å². The summed E-state index contributed by atoms with van der Waals surface area (Å²) in [6, 6.07) is 25.6. The molecule has 0 spiro atoms. The molecule has 3 aromatic carbocycles. The Balaban J connectivity index is 0.00000342. The molecule has 1 N–H and O–H groups in total. The summed E-state index contributed by atoms with van der Waals surface area (Å²) in [4.78, 5) is 31.5. The SMILES string of the molecule is C[C@@H](N=C(c1ccccc1)c1ccccc1[N-]C(=O)[C@@H]1CCCN1Cc1ccccc1)C(=O)O.[Ni+2]. The van der Waals surface area contributed by atoms with Crippen LogP contribution in [-0.4, -0.2) is 46.2 Å². The number of hydrogen-bond acceptors (Lipinski definition) is 4. The third-order valence-corrected chi connectivity index (χ3v) is 5.99. The van der Waals surface area contributed by atoms with Crippen molar-refractivity contribution in [1.82, 2.24) is 4.90 Å². The van der Waals surface area contributed by atoms with Crippen LogP contribution in [0.25, 0.3) is 5.32 Å². The second-order valence-corrected chi connectivity index (χ2v) is 8.44. The van der Waals surface area contributed by atoms with Crippen LogP contribution in [0.2, 0.25) is 0 Å². The van der Waals surface area contributed by atoms with Gasteiger partial charge in [-0.3, -0.25) is 9.89 Å². The molecule has 1 aliphatic heterocycles. The minimum absolute atomic E-state index is 0. The summed E-state index contributed by atoms with van der Waals surface area (Å²) in [5, 5.41) is 14.0. The van der Waals surface area contributed by atoms with Gasteiger partial charge in [0.2, 0.25) is 0 Å². The first-order chi connectivity index (χ1) is 16.5. The van der Waals surface area contributed by atoms with E-state index in [-0.39, 0.29) is 28.4 Å². The van der Waals surface area contributed by atoms with Crippen LogP contribution in [0.5, 0.6) is 0 Å². The van der Waals surface area contributed by atoms with Gasteiger partial charge < -0.3 is 15.2 Å². The molecule has 1 saturated heterocycles. The van der Waals surface area contributed by atoms with Crippen LogP contribution in [-0.2, 0) is 32.6 Å². The summed E-state index contributed by atoms with van der Waals surface area (Å²) in [6.07, 6.45) is 1.72. The first kappa shape index (κ1) is 26.3. The van der Waals surface area contributed by atoms with Crippen molar-refractivity contribution in [2.45, 2.75) is 38.4 Å². The second kappa shape index (κ2) is 12.4. The van der Waals surface area contributed by atoms with E-state index in [0.717, 1.165) is 24.9 Å². The molecule has 0 saturated carbocycles. The van der Waals surface area contributed by atoms with Crippen LogP contribution in [0.4, 0.5) is 5.69 Å². The van der Waals surface area contributed by atoms with Crippen molar-refractivity contribution in [1.29, 1.82) is 0 Å². The zero-order valence-corrected chi connectivity index (χ0v) is 20.5. The van der Waals surface area contributed by atoms with Crippen LogP contribution in [0.1, 0.15) is 36.5 Å². The van der Waals surface area contributed by atoms with Gasteiger partial charge in [-0.1, -0.05) is 84.9 Å². The van der Waals surface area contributed by atoms with Gasteiger partial charge >= 0.3 is 22.5 Å². The monoisotopic (exact) mass is 512 g/mol. The molecule has 3 aromatic rings. The maximum atomic E-state index is 13.3. The van der Waals surface area contributed by atoms with Crippen molar-refractivity contribution in [2.24, 2.45) is 4.99 Å². The topological polar surface area (TPSA) is 84.1 Å². The van der Waals surface area contributed by atoms with E-state index in [2.05, 4.69) is 27.3 Å². The van der Waals surface area contributed by atoms with E-state index >= 15 is 0 Å². The molecule has 4 rings (SSSR count). The van der Waals surface area contributed by atoms with Crippen LogP contribution in [0, 0.1) is 0 Å². The molecular weight excluding hydrogens is 485 g/mol. The number of amides is 1. The number of carbonyl (C=O) groups is 2. The maximum Gasteiger partial charge on any atom is 2.00 e. The fourth-order valence-electron chi connectivity index (χ4n) is 4.22. The molecule has 1 heterocycles. The van der Waals surface area contributed by atoms with Crippen LogP contribution >= 0.6 is 0 Å². The number of nitrogens with zero attached hydrogens (tertiary/aromatic N) is 3. The number of likely N-dealkylation sites (tertiary alicyclic amines) is 1. The van der Waals surface area contributed by atoms with E-state index in [4.69, 9.17) is 0 Å². The number of carboxylic acids is 1. The molecule has 7 heteroatoms. The summed E-state index contributed by atoms with van der Waals surface area (Å²) in [5.41, 5.74) is 3.60. The Kier molecular flexibility index (Phi) is 9.35. The summed E-state index contributed by atoms with van der Waals surface area (Å²) < 4.78 is 0. The minimum atomic E-state index is -1.01. The van der Waals surface area contributed by atoms with Crippen molar-refractivity contribution in [2.75, 3.05) is 6.54 Å². The zero-order valence-electron chi connectivity index (χ0n) is 19.5. The number of carboxylic acid groups (broad SMARTS) is 1. The third-order valence-electron chi connectivity index (χ3n) is 5.99. The van der Waals surface area contributed by atoms with Gasteiger partial charge in [0.25, 0.3) is 0 Å². The average molecular weight is 513 g/mol. The Hall–Kier alpha value is -3.28. The molecular formula is C28H28N3NiO3+. The molecule has 0 aromatic heterocycles. The van der Waals surface area contributed by atoms with E-state index in [0.29, 0.717) is 23.5 Å². The van der Waals surface area contributed by atoms with Gasteiger partial charge in [0.05, 0.1) is 17.7 Å². The van der Waals surface area contributed by atoms with Crippen molar-refractivity contribution in [3.63, 3.8) is 0 Å². The Morgan fingerprint density at radius 1 is 1.00 bits per heavy atom. The maximum absolute atomic E-state index is 13.3. The largest absolute Gasteiger partial charge is 2.00 e. The van der Waals surface area contributed by atoms with Gasteiger partial charge in [-0.05, 0) is 37.4 Å². The van der Waals surface area contributed by atoms with Gasteiger partial charge in [0, 0.05) is 12.1 Å². The van der Waals surface area contributed by atoms with Gasteiger partial charge in [0.15, 0.2) is 0 Å².